The summed E-state index contributed by atoms with van der Waals surface area (Å²) in [5, 5.41) is 2.89. The molecule has 0 spiro atoms. The van der Waals surface area contributed by atoms with Crippen molar-refractivity contribution in [2.45, 2.75) is 32.4 Å². The van der Waals surface area contributed by atoms with Crippen LogP contribution in [0.15, 0.2) is 37.1 Å². The number of nitrogens with one attached hydrogen (secondary N) is 1. The molecule has 0 aliphatic carbocycles. The van der Waals surface area contributed by atoms with Gasteiger partial charge in [-0.15, -0.1) is 24.8 Å². The predicted molar refractivity (Wildman–Crippen MR) is 90.6 cm³/mol. The molecule has 0 radical (unpaired) electrons. The van der Waals surface area contributed by atoms with E-state index in [1.54, 1.807) is 18.7 Å². The highest BCUT2D eigenvalue weighted by molar-refractivity contribution is 5.85. The summed E-state index contributed by atoms with van der Waals surface area (Å²) in [5.41, 5.74) is 6.58. The normalized spacial score (nSPS) is 11.0. The number of hydrogen-bond donors (Lipinski definition) is 2. The van der Waals surface area contributed by atoms with Crippen LogP contribution in [0.1, 0.15) is 25.3 Å². The van der Waals surface area contributed by atoms with Crippen LogP contribution in [0.2, 0.25) is 0 Å². The zero-order valence-electron chi connectivity index (χ0n) is 12.3. The zero-order chi connectivity index (χ0) is 14.4. The second kappa shape index (κ2) is 10.2. The minimum absolute atomic E-state index is 0. The molecular formula is C14H21Cl2N5O. The molecule has 8 heteroatoms. The lowest BCUT2D eigenvalue weighted by molar-refractivity contribution is -0.121. The van der Waals surface area contributed by atoms with Gasteiger partial charge in [0.15, 0.2) is 0 Å². The van der Waals surface area contributed by atoms with Crippen LogP contribution in [0, 0.1) is 0 Å². The molecule has 1 unspecified atom stereocenters. The molecule has 0 saturated heterocycles. The molecule has 0 bridgehead atoms. The topological polar surface area (TPSA) is 85.8 Å². The summed E-state index contributed by atoms with van der Waals surface area (Å²) in [6, 6.07) is 3.83. The number of aromatic nitrogens is 3. The van der Waals surface area contributed by atoms with E-state index in [9.17, 15) is 4.79 Å². The van der Waals surface area contributed by atoms with Crippen molar-refractivity contribution >= 4 is 30.7 Å². The Balaban J connectivity index is 0.00000220. The van der Waals surface area contributed by atoms with Crippen molar-refractivity contribution in [2.75, 3.05) is 0 Å². The number of nitrogens with two attached hydrogens (primary N) is 1. The molecule has 1 atom stereocenters. The van der Waals surface area contributed by atoms with Gasteiger partial charge in [0, 0.05) is 43.2 Å². The SMILES string of the molecule is CC(N)CCC(=O)NCc1cccnc1-n1ccnc1.Cl.Cl. The number of halogens is 2. The molecule has 2 rings (SSSR count). The number of imidazole rings is 1. The van der Waals surface area contributed by atoms with Crippen molar-refractivity contribution in [1.82, 2.24) is 19.9 Å². The van der Waals surface area contributed by atoms with Crippen molar-refractivity contribution in [3.05, 3.63) is 42.6 Å². The van der Waals surface area contributed by atoms with Gasteiger partial charge < -0.3 is 11.1 Å². The molecule has 0 saturated carbocycles. The highest BCUT2D eigenvalue weighted by Gasteiger charge is 2.08. The van der Waals surface area contributed by atoms with Crippen LogP contribution >= 0.6 is 24.8 Å². The molecule has 0 aliphatic heterocycles. The van der Waals surface area contributed by atoms with Crippen molar-refractivity contribution < 1.29 is 4.79 Å². The Bertz CT molecular complexity index is 560. The summed E-state index contributed by atoms with van der Waals surface area (Å²) in [4.78, 5) is 20.0. The molecule has 6 nitrogen and oxygen atoms in total. The molecule has 22 heavy (non-hydrogen) atoms. The van der Waals surface area contributed by atoms with E-state index < -0.39 is 0 Å². The Morgan fingerprint density at radius 1 is 1.41 bits per heavy atom. The fourth-order valence-corrected chi connectivity index (χ4v) is 1.83. The minimum Gasteiger partial charge on any atom is -0.352 e. The second-order valence-corrected chi connectivity index (χ2v) is 4.75. The van der Waals surface area contributed by atoms with Crippen LogP contribution in [0.25, 0.3) is 5.82 Å². The lowest BCUT2D eigenvalue weighted by Crippen LogP contribution is -2.26. The van der Waals surface area contributed by atoms with E-state index in [4.69, 9.17) is 5.73 Å². The quantitative estimate of drug-likeness (QED) is 0.836. The van der Waals surface area contributed by atoms with Gasteiger partial charge in [-0.05, 0) is 19.4 Å². The first-order valence-corrected chi connectivity index (χ1v) is 6.61. The third-order valence-electron chi connectivity index (χ3n) is 2.92. The van der Waals surface area contributed by atoms with Gasteiger partial charge in [0.2, 0.25) is 5.91 Å². The molecule has 3 N–H and O–H groups in total. The number of rotatable bonds is 6. The smallest absolute Gasteiger partial charge is 0.220 e. The van der Waals surface area contributed by atoms with E-state index in [2.05, 4.69) is 15.3 Å². The lowest BCUT2D eigenvalue weighted by Gasteiger charge is -2.10. The van der Waals surface area contributed by atoms with Crippen LogP contribution in [0.5, 0.6) is 0 Å². The second-order valence-electron chi connectivity index (χ2n) is 4.75. The van der Waals surface area contributed by atoms with Crippen molar-refractivity contribution in [1.29, 1.82) is 0 Å². The maximum atomic E-state index is 11.7. The first-order chi connectivity index (χ1) is 9.66. The Morgan fingerprint density at radius 2 is 2.18 bits per heavy atom. The molecule has 2 heterocycles. The standard InChI is InChI=1S/C14H19N5O.2ClH/c1-11(15)4-5-13(20)18-9-12-3-2-6-17-14(12)19-8-7-16-10-19;;/h2-3,6-8,10-11H,4-5,9,15H2,1H3,(H,18,20);2*1H. The third-order valence-corrected chi connectivity index (χ3v) is 2.92. The van der Waals surface area contributed by atoms with Gasteiger partial charge in [-0.1, -0.05) is 6.07 Å². The average molecular weight is 346 g/mol. The Hall–Kier alpha value is -1.63. The largest absolute Gasteiger partial charge is 0.352 e. The average Bonchev–Trinajstić information content (AvgIpc) is 2.97. The summed E-state index contributed by atoms with van der Waals surface area (Å²) in [6.07, 6.45) is 8.05. The minimum atomic E-state index is 0. The third kappa shape index (κ3) is 6.01. The van der Waals surface area contributed by atoms with Crippen molar-refractivity contribution in [3.8, 4) is 5.82 Å². The summed E-state index contributed by atoms with van der Waals surface area (Å²) in [6.45, 7) is 2.34. The van der Waals surface area contributed by atoms with E-state index >= 15 is 0 Å². The highest BCUT2D eigenvalue weighted by Crippen LogP contribution is 2.10. The fraction of sp³-hybridized carbons (Fsp3) is 0.357. The summed E-state index contributed by atoms with van der Waals surface area (Å²) >= 11 is 0. The first kappa shape index (κ1) is 20.4. The summed E-state index contributed by atoms with van der Waals surface area (Å²) < 4.78 is 1.82. The maximum Gasteiger partial charge on any atom is 0.220 e. The van der Waals surface area contributed by atoms with Crippen LogP contribution < -0.4 is 11.1 Å². The molecule has 2 aromatic rings. The van der Waals surface area contributed by atoms with E-state index in [1.807, 2.05) is 29.8 Å². The monoisotopic (exact) mass is 345 g/mol. The van der Waals surface area contributed by atoms with Gasteiger partial charge >= 0.3 is 0 Å². The molecule has 0 aliphatic rings. The van der Waals surface area contributed by atoms with Crippen LogP contribution in [0.3, 0.4) is 0 Å². The number of carbonyl (C=O) groups is 1. The van der Waals surface area contributed by atoms with E-state index in [0.29, 0.717) is 19.4 Å². The van der Waals surface area contributed by atoms with Gasteiger partial charge in [0.1, 0.15) is 12.1 Å². The number of nitrogens with zero attached hydrogens (tertiary/aromatic N) is 3. The zero-order valence-corrected chi connectivity index (χ0v) is 13.9. The van der Waals surface area contributed by atoms with Gasteiger partial charge in [0.05, 0.1) is 0 Å². The van der Waals surface area contributed by atoms with Crippen molar-refractivity contribution in [3.63, 3.8) is 0 Å². The molecule has 0 aromatic carbocycles. The maximum absolute atomic E-state index is 11.7. The molecule has 122 valence electrons. The number of carbonyl (C=O) groups excluding carboxylic acids is 1. The molecule has 0 fully saturated rings. The Kier molecular flexibility index (Phi) is 9.40. The van der Waals surface area contributed by atoms with E-state index in [-0.39, 0.29) is 36.8 Å². The van der Waals surface area contributed by atoms with Gasteiger partial charge in [0.25, 0.3) is 0 Å². The molecular weight excluding hydrogens is 325 g/mol. The van der Waals surface area contributed by atoms with Gasteiger partial charge in [-0.3, -0.25) is 9.36 Å². The van der Waals surface area contributed by atoms with Crippen molar-refractivity contribution in [2.24, 2.45) is 5.73 Å². The summed E-state index contributed by atoms with van der Waals surface area (Å²) in [5.74, 6) is 0.778. The van der Waals surface area contributed by atoms with Crippen LogP contribution in [0.4, 0.5) is 0 Å². The number of hydrogen-bond acceptors (Lipinski definition) is 4. The number of pyridine rings is 1. The van der Waals surface area contributed by atoms with Crippen LogP contribution in [-0.4, -0.2) is 26.5 Å². The van der Waals surface area contributed by atoms with Gasteiger partial charge in [-0.2, -0.15) is 0 Å². The van der Waals surface area contributed by atoms with E-state index in [1.165, 1.54) is 0 Å². The van der Waals surface area contributed by atoms with Gasteiger partial charge in [-0.25, -0.2) is 9.97 Å². The number of amides is 1. The van der Waals surface area contributed by atoms with E-state index in [0.717, 1.165) is 11.4 Å². The first-order valence-electron chi connectivity index (χ1n) is 6.61. The molecule has 1 amide bonds. The molecule has 2 aromatic heterocycles. The fourth-order valence-electron chi connectivity index (χ4n) is 1.83. The summed E-state index contributed by atoms with van der Waals surface area (Å²) in [7, 11) is 0. The van der Waals surface area contributed by atoms with Crippen LogP contribution in [-0.2, 0) is 11.3 Å². The predicted octanol–water partition coefficient (Wildman–Crippen LogP) is 1.85. The lowest BCUT2D eigenvalue weighted by atomic mass is 10.2. The Labute approximate surface area is 142 Å². The highest BCUT2D eigenvalue weighted by atomic mass is 35.5. The Morgan fingerprint density at radius 3 is 2.82 bits per heavy atom.